The number of rotatable bonds is 2. The topological polar surface area (TPSA) is 41.8 Å². The molecule has 1 aromatic carbocycles. The molecule has 0 radical (unpaired) electrons. The van der Waals surface area contributed by atoms with Crippen LogP contribution < -0.4 is 5.73 Å². The molecule has 2 aromatic rings. The minimum atomic E-state index is -0.196. The third-order valence-electron chi connectivity index (χ3n) is 3.70. The molecule has 0 amide bonds. The molecule has 0 saturated carbocycles. The summed E-state index contributed by atoms with van der Waals surface area (Å²) in [5.74, 6) is 0. The highest BCUT2D eigenvalue weighted by Crippen LogP contribution is 2.39. The van der Waals surface area contributed by atoms with Gasteiger partial charge >= 0.3 is 0 Å². The van der Waals surface area contributed by atoms with Crippen LogP contribution in [0.4, 0.5) is 0 Å². The van der Waals surface area contributed by atoms with Gasteiger partial charge in [0.15, 0.2) is 0 Å². The Hall–Kier alpha value is -1.54. The Balaban J connectivity index is 2.28. The number of fused-ring (bicyclic) bond motifs is 3. The second kappa shape index (κ2) is 3.74. The lowest BCUT2D eigenvalue weighted by molar-refractivity contribution is 0.408. The van der Waals surface area contributed by atoms with Crippen LogP contribution in [-0.4, -0.2) is 4.98 Å². The molecule has 88 valence electrons. The SMILES string of the molecule is CCCC1(N)CC=Cc2[nH]c3ccccc3c21. The van der Waals surface area contributed by atoms with Crippen molar-refractivity contribution in [2.75, 3.05) is 0 Å². The lowest BCUT2D eigenvalue weighted by Gasteiger charge is -2.31. The first-order chi connectivity index (χ1) is 8.24. The summed E-state index contributed by atoms with van der Waals surface area (Å²) in [7, 11) is 0. The summed E-state index contributed by atoms with van der Waals surface area (Å²) in [5.41, 5.74) is 10.1. The van der Waals surface area contributed by atoms with Crippen LogP contribution in [0.25, 0.3) is 17.0 Å². The predicted molar refractivity (Wildman–Crippen MR) is 72.7 cm³/mol. The summed E-state index contributed by atoms with van der Waals surface area (Å²) in [4.78, 5) is 3.46. The fourth-order valence-electron chi connectivity index (χ4n) is 2.99. The zero-order valence-electron chi connectivity index (χ0n) is 10.2. The zero-order valence-corrected chi connectivity index (χ0v) is 10.2. The maximum absolute atomic E-state index is 6.62. The van der Waals surface area contributed by atoms with Crippen LogP contribution in [0, 0.1) is 0 Å². The van der Waals surface area contributed by atoms with E-state index in [1.165, 1.54) is 22.2 Å². The summed E-state index contributed by atoms with van der Waals surface area (Å²) in [6.07, 6.45) is 7.44. The molecule has 2 nitrogen and oxygen atoms in total. The lowest BCUT2D eigenvalue weighted by Crippen LogP contribution is -2.37. The third kappa shape index (κ3) is 1.52. The Morgan fingerprint density at radius 2 is 2.18 bits per heavy atom. The largest absolute Gasteiger partial charge is 0.355 e. The number of aromatic nitrogens is 1. The zero-order chi connectivity index (χ0) is 11.9. The highest BCUT2D eigenvalue weighted by molar-refractivity contribution is 5.89. The maximum Gasteiger partial charge on any atom is 0.0471 e. The quantitative estimate of drug-likeness (QED) is 0.808. The summed E-state index contributed by atoms with van der Waals surface area (Å²) in [6, 6.07) is 8.43. The van der Waals surface area contributed by atoms with Gasteiger partial charge in [-0.05, 0) is 25.0 Å². The van der Waals surface area contributed by atoms with E-state index in [1.807, 2.05) is 0 Å². The van der Waals surface area contributed by atoms with Gasteiger partial charge in [0.2, 0.25) is 0 Å². The normalized spacial score (nSPS) is 22.9. The monoisotopic (exact) mass is 226 g/mol. The highest BCUT2D eigenvalue weighted by atomic mass is 14.8. The van der Waals surface area contributed by atoms with Crippen molar-refractivity contribution in [1.82, 2.24) is 4.98 Å². The molecule has 0 fully saturated rings. The van der Waals surface area contributed by atoms with E-state index in [9.17, 15) is 0 Å². The molecule has 1 aromatic heterocycles. The van der Waals surface area contributed by atoms with Gasteiger partial charge in [0, 0.05) is 27.7 Å². The molecule has 17 heavy (non-hydrogen) atoms. The van der Waals surface area contributed by atoms with Crippen LogP contribution in [-0.2, 0) is 5.54 Å². The van der Waals surface area contributed by atoms with Gasteiger partial charge in [-0.15, -0.1) is 0 Å². The smallest absolute Gasteiger partial charge is 0.0471 e. The van der Waals surface area contributed by atoms with Crippen molar-refractivity contribution in [3.8, 4) is 0 Å². The molecule has 1 atom stereocenters. The Kier molecular flexibility index (Phi) is 2.33. The number of aromatic amines is 1. The van der Waals surface area contributed by atoms with Gasteiger partial charge in [0.05, 0.1) is 0 Å². The minimum absolute atomic E-state index is 0.196. The standard InChI is InChI=1S/C15H18N2/c1-2-9-15(16)10-5-8-13-14(15)11-6-3-4-7-12(11)17-13/h3-8,17H,2,9-10,16H2,1H3. The number of nitrogens with two attached hydrogens (primary N) is 1. The fraction of sp³-hybridized carbons (Fsp3) is 0.333. The van der Waals surface area contributed by atoms with Crippen LogP contribution >= 0.6 is 0 Å². The fourth-order valence-corrected chi connectivity index (χ4v) is 2.99. The number of para-hydroxylation sites is 1. The molecule has 1 heterocycles. The van der Waals surface area contributed by atoms with Gasteiger partial charge < -0.3 is 10.7 Å². The van der Waals surface area contributed by atoms with E-state index < -0.39 is 0 Å². The number of nitrogens with one attached hydrogen (secondary N) is 1. The summed E-state index contributed by atoms with van der Waals surface area (Å²) < 4.78 is 0. The van der Waals surface area contributed by atoms with Crippen LogP contribution in [0.2, 0.25) is 0 Å². The van der Waals surface area contributed by atoms with Gasteiger partial charge in [-0.3, -0.25) is 0 Å². The molecule has 1 aliphatic carbocycles. The average molecular weight is 226 g/mol. The number of benzene rings is 1. The van der Waals surface area contributed by atoms with Crippen molar-refractivity contribution in [2.24, 2.45) is 5.73 Å². The van der Waals surface area contributed by atoms with E-state index in [0.717, 1.165) is 19.3 Å². The van der Waals surface area contributed by atoms with Crippen LogP contribution in [0.5, 0.6) is 0 Å². The number of hydrogen-bond acceptors (Lipinski definition) is 1. The van der Waals surface area contributed by atoms with E-state index in [0.29, 0.717) is 0 Å². The first-order valence-corrected chi connectivity index (χ1v) is 6.31. The van der Waals surface area contributed by atoms with E-state index in [-0.39, 0.29) is 5.54 Å². The van der Waals surface area contributed by atoms with Crippen molar-refractivity contribution < 1.29 is 0 Å². The summed E-state index contributed by atoms with van der Waals surface area (Å²) in [5, 5.41) is 1.28. The molecule has 3 rings (SSSR count). The van der Waals surface area contributed by atoms with Gasteiger partial charge in [0.25, 0.3) is 0 Å². The maximum atomic E-state index is 6.62. The molecular weight excluding hydrogens is 208 g/mol. The van der Waals surface area contributed by atoms with Crippen molar-refractivity contribution in [3.05, 3.63) is 41.6 Å². The number of H-pyrrole nitrogens is 1. The second-order valence-corrected chi connectivity index (χ2v) is 4.97. The predicted octanol–water partition coefficient (Wildman–Crippen LogP) is 3.54. The van der Waals surface area contributed by atoms with Crippen molar-refractivity contribution in [1.29, 1.82) is 0 Å². The van der Waals surface area contributed by atoms with Crippen LogP contribution in [0.1, 0.15) is 37.4 Å². The molecule has 0 bridgehead atoms. The Labute approximate surface area is 102 Å². The Morgan fingerprint density at radius 1 is 1.35 bits per heavy atom. The van der Waals surface area contributed by atoms with E-state index in [4.69, 9.17) is 5.73 Å². The van der Waals surface area contributed by atoms with E-state index in [2.05, 4.69) is 48.3 Å². The highest BCUT2D eigenvalue weighted by Gasteiger charge is 2.32. The second-order valence-electron chi connectivity index (χ2n) is 4.97. The van der Waals surface area contributed by atoms with E-state index in [1.54, 1.807) is 0 Å². The summed E-state index contributed by atoms with van der Waals surface area (Å²) in [6.45, 7) is 2.20. The summed E-state index contributed by atoms with van der Waals surface area (Å²) >= 11 is 0. The average Bonchev–Trinajstić information content (AvgIpc) is 2.69. The number of hydrogen-bond donors (Lipinski definition) is 2. The van der Waals surface area contributed by atoms with E-state index >= 15 is 0 Å². The molecule has 3 N–H and O–H groups in total. The molecular formula is C15H18N2. The van der Waals surface area contributed by atoms with Crippen molar-refractivity contribution in [3.63, 3.8) is 0 Å². The van der Waals surface area contributed by atoms with Crippen LogP contribution in [0.15, 0.2) is 30.3 Å². The molecule has 0 saturated heterocycles. The molecule has 2 heteroatoms. The Morgan fingerprint density at radius 3 is 3.00 bits per heavy atom. The van der Waals surface area contributed by atoms with Crippen molar-refractivity contribution in [2.45, 2.75) is 31.7 Å². The molecule has 1 unspecified atom stereocenters. The van der Waals surface area contributed by atoms with Gasteiger partial charge in [-0.2, -0.15) is 0 Å². The lowest BCUT2D eigenvalue weighted by atomic mass is 9.79. The minimum Gasteiger partial charge on any atom is -0.355 e. The van der Waals surface area contributed by atoms with Gasteiger partial charge in [-0.25, -0.2) is 0 Å². The third-order valence-corrected chi connectivity index (χ3v) is 3.70. The van der Waals surface area contributed by atoms with Crippen molar-refractivity contribution >= 4 is 17.0 Å². The first-order valence-electron chi connectivity index (χ1n) is 6.31. The molecule has 1 aliphatic rings. The first kappa shape index (κ1) is 10.6. The van der Waals surface area contributed by atoms with Gasteiger partial charge in [0.1, 0.15) is 0 Å². The van der Waals surface area contributed by atoms with Gasteiger partial charge in [-0.1, -0.05) is 37.6 Å². The molecule has 0 spiro atoms. The Bertz CT molecular complexity index is 580. The van der Waals surface area contributed by atoms with Crippen LogP contribution in [0.3, 0.4) is 0 Å². The molecule has 0 aliphatic heterocycles.